The Morgan fingerprint density at radius 1 is 1.04 bits per heavy atom. The Hall–Kier alpha value is -3.55. The molecule has 28 heavy (non-hydrogen) atoms. The number of carbonyl (C=O) groups is 3. The lowest BCUT2D eigenvalue weighted by molar-refractivity contribution is -0.123. The van der Waals surface area contributed by atoms with Crippen molar-refractivity contribution in [1.29, 1.82) is 0 Å². The van der Waals surface area contributed by atoms with Gasteiger partial charge in [0.2, 0.25) is 5.91 Å². The van der Waals surface area contributed by atoms with Gasteiger partial charge in [0.15, 0.2) is 12.1 Å². The van der Waals surface area contributed by atoms with Crippen molar-refractivity contribution >= 4 is 29.1 Å². The molecule has 8 nitrogen and oxygen atoms in total. The fraction of sp³-hybridized carbons (Fsp3) is 0.250. The lowest BCUT2D eigenvalue weighted by atomic mass is 10.1. The van der Waals surface area contributed by atoms with E-state index in [9.17, 15) is 14.4 Å². The largest absolute Gasteiger partial charge is 0.324 e. The van der Waals surface area contributed by atoms with E-state index < -0.39 is 23.9 Å². The molecular weight excluding hydrogens is 358 g/mol. The van der Waals surface area contributed by atoms with Gasteiger partial charge in [0.25, 0.3) is 11.8 Å². The maximum absolute atomic E-state index is 13.0. The Morgan fingerprint density at radius 3 is 2.50 bits per heavy atom. The third-order valence-electron chi connectivity index (χ3n) is 4.97. The van der Waals surface area contributed by atoms with Crippen LogP contribution in [0.1, 0.15) is 11.1 Å². The van der Waals surface area contributed by atoms with Crippen LogP contribution >= 0.6 is 0 Å². The van der Waals surface area contributed by atoms with Crippen LogP contribution in [0.2, 0.25) is 0 Å². The minimum Gasteiger partial charge on any atom is -0.324 e. The molecule has 2 aliphatic heterocycles. The fourth-order valence-electron chi connectivity index (χ4n) is 3.34. The van der Waals surface area contributed by atoms with Crippen LogP contribution in [0.3, 0.4) is 0 Å². The number of carbonyl (C=O) groups excluding carboxylic acids is 3. The van der Waals surface area contributed by atoms with Gasteiger partial charge >= 0.3 is 0 Å². The summed E-state index contributed by atoms with van der Waals surface area (Å²) >= 11 is 0. The Labute approximate surface area is 161 Å². The molecule has 0 spiro atoms. The van der Waals surface area contributed by atoms with Crippen LogP contribution in [0.4, 0.5) is 11.4 Å². The highest BCUT2D eigenvalue weighted by molar-refractivity contribution is 6.25. The molecule has 4 rings (SSSR count). The SMILES string of the molecule is Cc1ccc(N2C(=O)[C@@H]3N=NN(CC(=O)Nc4ccccc4)[C@H]3C2=O)cc1C. The highest BCUT2D eigenvalue weighted by Crippen LogP contribution is 2.32. The number of anilines is 2. The summed E-state index contributed by atoms with van der Waals surface area (Å²) < 4.78 is 0. The molecule has 142 valence electrons. The van der Waals surface area contributed by atoms with Crippen LogP contribution < -0.4 is 10.2 Å². The maximum atomic E-state index is 13.0. The van der Waals surface area contributed by atoms with Crippen LogP contribution in [-0.4, -0.2) is 41.4 Å². The molecule has 0 aromatic heterocycles. The smallest absolute Gasteiger partial charge is 0.263 e. The zero-order chi connectivity index (χ0) is 19.8. The quantitative estimate of drug-likeness (QED) is 0.827. The van der Waals surface area contributed by atoms with Crippen molar-refractivity contribution in [3.63, 3.8) is 0 Å². The first-order chi connectivity index (χ1) is 13.5. The number of rotatable bonds is 4. The molecule has 1 saturated heterocycles. The molecule has 8 heteroatoms. The molecule has 2 atom stereocenters. The number of nitrogens with one attached hydrogen (secondary N) is 1. The molecule has 0 radical (unpaired) electrons. The van der Waals surface area contributed by atoms with Crippen molar-refractivity contribution < 1.29 is 14.4 Å². The van der Waals surface area contributed by atoms with E-state index in [1.807, 2.05) is 38.1 Å². The second kappa shape index (κ2) is 6.88. The highest BCUT2D eigenvalue weighted by atomic mass is 16.2. The van der Waals surface area contributed by atoms with E-state index in [1.165, 1.54) is 5.01 Å². The number of imide groups is 1. The first-order valence-corrected chi connectivity index (χ1v) is 8.93. The number of benzene rings is 2. The molecule has 0 unspecified atom stereocenters. The second-order valence-electron chi connectivity index (χ2n) is 6.89. The molecule has 3 amide bonds. The number of hydrogen-bond donors (Lipinski definition) is 1. The van der Waals surface area contributed by atoms with Gasteiger partial charge in [-0.3, -0.25) is 19.4 Å². The lowest BCUT2D eigenvalue weighted by Gasteiger charge is -2.20. The summed E-state index contributed by atoms with van der Waals surface area (Å²) in [6.45, 7) is 3.72. The molecule has 2 aliphatic rings. The third-order valence-corrected chi connectivity index (χ3v) is 4.97. The zero-order valence-electron chi connectivity index (χ0n) is 15.5. The number of aryl methyl sites for hydroxylation is 2. The van der Waals surface area contributed by atoms with E-state index in [4.69, 9.17) is 0 Å². The Balaban J connectivity index is 1.51. The second-order valence-corrected chi connectivity index (χ2v) is 6.89. The molecule has 1 fully saturated rings. The van der Waals surface area contributed by atoms with E-state index in [0.29, 0.717) is 11.4 Å². The predicted octanol–water partition coefficient (Wildman–Crippen LogP) is 2.24. The number of nitrogens with zero attached hydrogens (tertiary/aromatic N) is 4. The van der Waals surface area contributed by atoms with Crippen LogP contribution in [0.5, 0.6) is 0 Å². The van der Waals surface area contributed by atoms with Gasteiger partial charge in [-0.2, -0.15) is 5.11 Å². The normalized spacial score (nSPS) is 20.6. The lowest BCUT2D eigenvalue weighted by Crippen LogP contribution is -2.43. The monoisotopic (exact) mass is 377 g/mol. The summed E-state index contributed by atoms with van der Waals surface area (Å²) in [6, 6.07) is 12.6. The average molecular weight is 377 g/mol. The van der Waals surface area contributed by atoms with Crippen molar-refractivity contribution in [2.45, 2.75) is 25.9 Å². The molecule has 2 aromatic carbocycles. The molecule has 0 bridgehead atoms. The van der Waals surface area contributed by atoms with Gasteiger partial charge in [-0.25, -0.2) is 4.90 Å². The fourth-order valence-corrected chi connectivity index (χ4v) is 3.34. The summed E-state index contributed by atoms with van der Waals surface area (Å²) in [5.74, 6) is -1.18. The minimum absolute atomic E-state index is 0.167. The van der Waals surface area contributed by atoms with E-state index in [0.717, 1.165) is 16.0 Å². The number of para-hydroxylation sites is 1. The van der Waals surface area contributed by atoms with E-state index in [-0.39, 0.29) is 12.5 Å². The van der Waals surface area contributed by atoms with Crippen LogP contribution in [0, 0.1) is 13.8 Å². The Bertz CT molecular complexity index is 989. The van der Waals surface area contributed by atoms with Gasteiger partial charge in [-0.1, -0.05) is 29.5 Å². The summed E-state index contributed by atoms with van der Waals surface area (Å²) in [7, 11) is 0. The first-order valence-electron chi connectivity index (χ1n) is 8.93. The van der Waals surface area contributed by atoms with Gasteiger partial charge in [0, 0.05) is 5.69 Å². The molecule has 2 aromatic rings. The highest BCUT2D eigenvalue weighted by Gasteiger charge is 2.55. The molecule has 1 N–H and O–H groups in total. The summed E-state index contributed by atoms with van der Waals surface area (Å²) in [5.41, 5.74) is 3.21. The topological polar surface area (TPSA) is 94.4 Å². The van der Waals surface area contributed by atoms with Crippen molar-refractivity contribution in [1.82, 2.24) is 5.01 Å². The number of hydrogen-bond acceptors (Lipinski definition) is 6. The molecule has 0 saturated carbocycles. The van der Waals surface area contributed by atoms with Crippen LogP contribution in [-0.2, 0) is 14.4 Å². The van der Waals surface area contributed by atoms with Gasteiger partial charge < -0.3 is 5.32 Å². The predicted molar refractivity (Wildman–Crippen MR) is 103 cm³/mol. The van der Waals surface area contributed by atoms with E-state index in [2.05, 4.69) is 15.7 Å². The number of fused-ring (bicyclic) bond motifs is 1. The third kappa shape index (κ3) is 3.02. The van der Waals surface area contributed by atoms with Gasteiger partial charge in [0.05, 0.1) is 5.69 Å². The van der Waals surface area contributed by atoms with E-state index >= 15 is 0 Å². The Morgan fingerprint density at radius 2 is 1.79 bits per heavy atom. The maximum Gasteiger partial charge on any atom is 0.263 e. The van der Waals surface area contributed by atoms with E-state index in [1.54, 1.807) is 24.3 Å². The van der Waals surface area contributed by atoms with Crippen molar-refractivity contribution in [2.24, 2.45) is 10.3 Å². The standard InChI is InChI=1S/C20H19N5O3/c1-12-8-9-15(10-13(12)2)25-19(27)17-18(20(25)28)24(23-22-17)11-16(26)21-14-6-4-3-5-7-14/h3-10,17-18H,11H2,1-2H3,(H,21,26)/t17-,18-/m1/s1. The Kier molecular flexibility index (Phi) is 4.38. The first kappa shape index (κ1) is 17.8. The van der Waals surface area contributed by atoms with Gasteiger partial charge in [0.1, 0.15) is 6.54 Å². The average Bonchev–Trinajstić information content (AvgIpc) is 3.18. The number of amides is 3. The minimum atomic E-state index is -0.918. The van der Waals surface area contributed by atoms with Crippen molar-refractivity contribution in [3.05, 3.63) is 59.7 Å². The van der Waals surface area contributed by atoms with Gasteiger partial charge in [-0.05, 0) is 49.2 Å². The molecule has 2 heterocycles. The van der Waals surface area contributed by atoms with Crippen LogP contribution in [0.25, 0.3) is 0 Å². The molecule has 0 aliphatic carbocycles. The molecular formula is C20H19N5O3. The van der Waals surface area contributed by atoms with Crippen molar-refractivity contribution in [3.8, 4) is 0 Å². The summed E-state index contributed by atoms with van der Waals surface area (Å²) in [4.78, 5) is 39.2. The van der Waals surface area contributed by atoms with Crippen LogP contribution in [0.15, 0.2) is 58.9 Å². The summed E-state index contributed by atoms with van der Waals surface area (Å²) in [5, 5.41) is 11.9. The van der Waals surface area contributed by atoms with Crippen molar-refractivity contribution in [2.75, 3.05) is 16.8 Å². The zero-order valence-corrected chi connectivity index (χ0v) is 15.5. The summed E-state index contributed by atoms with van der Waals surface area (Å²) in [6.07, 6.45) is 0. The van der Waals surface area contributed by atoms with Gasteiger partial charge in [-0.15, -0.1) is 0 Å².